The van der Waals surface area contributed by atoms with E-state index in [1.54, 1.807) is 4.90 Å². The van der Waals surface area contributed by atoms with Gasteiger partial charge in [0.15, 0.2) is 0 Å². The third-order valence-corrected chi connectivity index (χ3v) is 5.59. The van der Waals surface area contributed by atoms with E-state index in [0.29, 0.717) is 18.8 Å². The quantitative estimate of drug-likeness (QED) is 0.517. The number of fused-ring (bicyclic) bond motifs is 1. The zero-order valence-corrected chi connectivity index (χ0v) is 16.9. The van der Waals surface area contributed by atoms with Crippen LogP contribution < -0.4 is 5.32 Å². The zero-order chi connectivity index (χ0) is 21.2. The lowest BCUT2D eigenvalue weighted by molar-refractivity contribution is -0.128. The summed E-state index contributed by atoms with van der Waals surface area (Å²) in [5.41, 5.74) is 4.51. The van der Waals surface area contributed by atoms with Crippen LogP contribution >= 0.6 is 0 Å². The van der Waals surface area contributed by atoms with E-state index in [2.05, 4.69) is 15.3 Å². The molecule has 0 unspecified atom stereocenters. The van der Waals surface area contributed by atoms with E-state index < -0.39 is 0 Å². The first-order chi connectivity index (χ1) is 15.2. The Hall–Kier alpha value is -3.93. The molecule has 1 fully saturated rings. The van der Waals surface area contributed by atoms with Crippen molar-refractivity contribution >= 4 is 28.5 Å². The molecule has 1 aliphatic rings. The Morgan fingerprint density at radius 1 is 1.03 bits per heavy atom. The van der Waals surface area contributed by atoms with Gasteiger partial charge in [0.2, 0.25) is 11.8 Å². The molecule has 1 saturated heterocycles. The first-order valence-corrected chi connectivity index (χ1v) is 10.3. The number of rotatable bonds is 5. The number of aromatic nitrogens is 2. The number of nitrogens with zero attached hydrogens (tertiary/aromatic N) is 2. The van der Waals surface area contributed by atoms with Crippen molar-refractivity contribution in [2.75, 3.05) is 11.9 Å². The second-order valence-corrected chi connectivity index (χ2v) is 7.83. The van der Waals surface area contributed by atoms with Gasteiger partial charge in [0.1, 0.15) is 5.82 Å². The molecule has 154 valence electrons. The highest BCUT2D eigenvalue weighted by Crippen LogP contribution is 2.25. The molecule has 0 aliphatic carbocycles. The van der Waals surface area contributed by atoms with Crippen LogP contribution in [0.3, 0.4) is 0 Å². The van der Waals surface area contributed by atoms with Crippen molar-refractivity contribution < 1.29 is 9.59 Å². The smallest absolute Gasteiger partial charge is 0.229 e. The molecule has 0 bridgehead atoms. The largest absolute Gasteiger partial charge is 0.338 e. The Balaban J connectivity index is 1.27. The molecule has 6 heteroatoms. The minimum absolute atomic E-state index is 0.0139. The normalized spacial score (nSPS) is 16.1. The number of anilines is 1. The van der Waals surface area contributed by atoms with Gasteiger partial charge in [-0.2, -0.15) is 0 Å². The zero-order valence-electron chi connectivity index (χ0n) is 16.9. The number of carbonyl (C=O) groups excluding carboxylic acids is 2. The van der Waals surface area contributed by atoms with E-state index in [4.69, 9.17) is 0 Å². The number of nitrogens with one attached hydrogen (secondary N) is 2. The number of hydrogen-bond donors (Lipinski definition) is 2. The van der Waals surface area contributed by atoms with Crippen molar-refractivity contribution in [3.05, 3.63) is 84.4 Å². The van der Waals surface area contributed by atoms with Gasteiger partial charge in [-0.25, -0.2) is 4.98 Å². The Bertz CT molecular complexity index is 1220. The van der Waals surface area contributed by atoms with E-state index in [0.717, 1.165) is 28.0 Å². The molecule has 0 saturated carbocycles. The minimum Gasteiger partial charge on any atom is -0.338 e. The van der Waals surface area contributed by atoms with Crippen molar-refractivity contribution in [2.45, 2.75) is 13.0 Å². The monoisotopic (exact) mass is 410 g/mol. The Kier molecular flexibility index (Phi) is 4.96. The highest BCUT2D eigenvalue weighted by atomic mass is 16.2. The third kappa shape index (κ3) is 4.05. The van der Waals surface area contributed by atoms with Crippen LogP contribution in [0, 0.1) is 5.92 Å². The lowest BCUT2D eigenvalue weighted by Crippen LogP contribution is -2.28. The van der Waals surface area contributed by atoms with Crippen LogP contribution in [0.15, 0.2) is 78.9 Å². The highest BCUT2D eigenvalue weighted by Gasteiger charge is 2.34. The molecule has 1 aromatic heterocycles. The van der Waals surface area contributed by atoms with Crippen LogP contribution in [0.2, 0.25) is 0 Å². The number of hydrogen-bond acceptors (Lipinski definition) is 3. The molecular formula is C25H22N4O2. The average molecular weight is 410 g/mol. The summed E-state index contributed by atoms with van der Waals surface area (Å²) in [5.74, 6) is 0.277. The number of amides is 2. The number of benzene rings is 3. The highest BCUT2D eigenvalue weighted by molar-refractivity contribution is 5.97. The molecule has 2 heterocycles. The Labute approximate surface area is 179 Å². The number of imidazole rings is 1. The summed E-state index contributed by atoms with van der Waals surface area (Å²) < 4.78 is 0. The molecule has 31 heavy (non-hydrogen) atoms. The van der Waals surface area contributed by atoms with Gasteiger partial charge < -0.3 is 15.2 Å². The summed E-state index contributed by atoms with van der Waals surface area (Å²) in [5, 5.41) is 2.97. The standard InChI is InChI=1S/C25H22N4O2/c30-23-14-19(16-29(23)15-17-7-2-1-3-8-17)25(31)26-20-10-6-9-18(13-20)24-27-21-11-4-5-12-22(21)28-24/h1-13,19H,14-16H2,(H,26,31)(H,27,28)/t19-/m0/s1. The van der Waals surface area contributed by atoms with Crippen molar-refractivity contribution in [1.29, 1.82) is 0 Å². The van der Waals surface area contributed by atoms with Crippen molar-refractivity contribution in [3.8, 4) is 11.4 Å². The molecule has 1 aliphatic heterocycles. The number of H-pyrrole nitrogens is 1. The van der Waals surface area contributed by atoms with Gasteiger partial charge in [0.05, 0.1) is 17.0 Å². The number of likely N-dealkylation sites (tertiary alicyclic amines) is 1. The molecule has 4 aromatic rings. The van der Waals surface area contributed by atoms with Crippen LogP contribution in [0.25, 0.3) is 22.4 Å². The predicted octanol–water partition coefficient (Wildman–Crippen LogP) is 4.22. The lowest BCUT2D eigenvalue weighted by Gasteiger charge is -2.16. The van der Waals surface area contributed by atoms with Gasteiger partial charge in [0, 0.05) is 30.8 Å². The summed E-state index contributed by atoms with van der Waals surface area (Å²) in [6.07, 6.45) is 0.238. The summed E-state index contributed by atoms with van der Waals surface area (Å²) in [4.78, 5) is 34.9. The molecule has 0 spiro atoms. The van der Waals surface area contributed by atoms with E-state index in [-0.39, 0.29) is 24.2 Å². The first-order valence-electron chi connectivity index (χ1n) is 10.3. The molecule has 0 radical (unpaired) electrons. The molecule has 1 atom stereocenters. The molecule has 3 aromatic carbocycles. The van der Waals surface area contributed by atoms with Crippen LogP contribution in [-0.2, 0) is 16.1 Å². The van der Waals surface area contributed by atoms with Gasteiger partial charge in [-0.05, 0) is 29.8 Å². The van der Waals surface area contributed by atoms with Crippen molar-refractivity contribution in [3.63, 3.8) is 0 Å². The third-order valence-electron chi connectivity index (χ3n) is 5.59. The average Bonchev–Trinajstić information content (AvgIpc) is 3.38. The van der Waals surface area contributed by atoms with Crippen molar-refractivity contribution in [1.82, 2.24) is 14.9 Å². The van der Waals surface area contributed by atoms with Gasteiger partial charge in [-0.3, -0.25) is 9.59 Å². The summed E-state index contributed by atoms with van der Waals surface area (Å²) in [6.45, 7) is 0.966. The number of aromatic amines is 1. The fourth-order valence-corrected chi connectivity index (χ4v) is 3.98. The SMILES string of the molecule is O=C(Nc1cccc(-c2nc3ccccc3[nH]2)c1)[C@H]1CC(=O)N(Cc2ccccc2)C1. The fourth-order valence-electron chi connectivity index (χ4n) is 3.98. The summed E-state index contributed by atoms with van der Waals surface area (Å²) >= 11 is 0. The van der Waals surface area contributed by atoms with E-state index in [1.807, 2.05) is 78.9 Å². The lowest BCUT2D eigenvalue weighted by atomic mass is 10.1. The maximum Gasteiger partial charge on any atom is 0.229 e. The van der Waals surface area contributed by atoms with E-state index in [9.17, 15) is 9.59 Å². The topological polar surface area (TPSA) is 78.1 Å². The Morgan fingerprint density at radius 3 is 2.68 bits per heavy atom. The summed E-state index contributed by atoms with van der Waals surface area (Å²) in [6, 6.07) is 25.3. The number of para-hydroxylation sites is 2. The molecule has 2 amide bonds. The van der Waals surface area contributed by atoms with Crippen LogP contribution in [0.1, 0.15) is 12.0 Å². The maximum atomic E-state index is 12.8. The Morgan fingerprint density at radius 2 is 1.84 bits per heavy atom. The van der Waals surface area contributed by atoms with Crippen LogP contribution in [0.4, 0.5) is 5.69 Å². The van der Waals surface area contributed by atoms with Gasteiger partial charge in [0.25, 0.3) is 0 Å². The molecule has 5 rings (SSSR count). The first kappa shape index (κ1) is 19.1. The molecule has 6 nitrogen and oxygen atoms in total. The van der Waals surface area contributed by atoms with Crippen LogP contribution in [-0.4, -0.2) is 33.2 Å². The van der Waals surface area contributed by atoms with Gasteiger partial charge in [-0.15, -0.1) is 0 Å². The molecular weight excluding hydrogens is 388 g/mol. The second kappa shape index (κ2) is 8.07. The summed E-state index contributed by atoms with van der Waals surface area (Å²) in [7, 11) is 0. The van der Waals surface area contributed by atoms with E-state index >= 15 is 0 Å². The van der Waals surface area contributed by atoms with Gasteiger partial charge >= 0.3 is 0 Å². The second-order valence-electron chi connectivity index (χ2n) is 7.83. The minimum atomic E-state index is -0.355. The van der Waals surface area contributed by atoms with Crippen LogP contribution in [0.5, 0.6) is 0 Å². The fraction of sp³-hybridized carbons (Fsp3) is 0.160. The number of carbonyl (C=O) groups is 2. The van der Waals surface area contributed by atoms with Crippen molar-refractivity contribution in [2.24, 2.45) is 5.92 Å². The maximum absolute atomic E-state index is 12.8. The molecule has 2 N–H and O–H groups in total. The predicted molar refractivity (Wildman–Crippen MR) is 120 cm³/mol. The van der Waals surface area contributed by atoms with Gasteiger partial charge in [-0.1, -0.05) is 54.6 Å². The van der Waals surface area contributed by atoms with E-state index in [1.165, 1.54) is 0 Å².